The van der Waals surface area contributed by atoms with Gasteiger partial charge in [-0.05, 0) is 31.0 Å². The number of aromatic nitrogens is 1. The van der Waals surface area contributed by atoms with Gasteiger partial charge in [0, 0.05) is 44.7 Å². The molecule has 1 saturated heterocycles. The molecular formula is C27H32N4O3. The number of carbonyl (C=O) groups excluding carboxylic acids is 2. The van der Waals surface area contributed by atoms with Crippen LogP contribution in [0.5, 0.6) is 0 Å². The van der Waals surface area contributed by atoms with E-state index in [1.807, 2.05) is 68.4 Å². The third-order valence-electron chi connectivity index (χ3n) is 6.24. The molecule has 3 aromatic rings. The number of carbonyl (C=O) groups is 2. The van der Waals surface area contributed by atoms with Crippen molar-refractivity contribution < 1.29 is 14.3 Å². The molecule has 0 aliphatic carbocycles. The molecular weight excluding hydrogens is 428 g/mol. The average molecular weight is 461 g/mol. The molecule has 1 amide bonds. The highest BCUT2D eigenvalue weighted by molar-refractivity contribution is 5.98. The average Bonchev–Trinajstić information content (AvgIpc) is 2.85. The van der Waals surface area contributed by atoms with E-state index in [1.54, 1.807) is 0 Å². The van der Waals surface area contributed by atoms with Crippen molar-refractivity contribution in [2.24, 2.45) is 0 Å². The van der Waals surface area contributed by atoms with Crippen LogP contribution in [0, 0.1) is 6.92 Å². The first kappa shape index (κ1) is 23.9. The quantitative estimate of drug-likeness (QED) is 0.521. The first-order valence-electron chi connectivity index (χ1n) is 11.9. The number of ether oxygens (including phenoxy) is 1. The molecule has 1 aromatic heterocycles. The largest absolute Gasteiger partial charge is 0.462 e. The Morgan fingerprint density at radius 2 is 1.65 bits per heavy atom. The number of nitrogens with zero attached hydrogens (tertiary/aromatic N) is 3. The van der Waals surface area contributed by atoms with Crippen molar-refractivity contribution in [3.05, 3.63) is 77.0 Å². The SMILES string of the molecule is CCOC(=O)c1c(CN2CCN(CC(=O)NCc3ccccc3)CC2)nc2ccccc2c1C. The van der Waals surface area contributed by atoms with E-state index in [4.69, 9.17) is 9.72 Å². The van der Waals surface area contributed by atoms with E-state index >= 15 is 0 Å². The summed E-state index contributed by atoms with van der Waals surface area (Å²) in [6, 6.07) is 17.8. The van der Waals surface area contributed by atoms with Crippen molar-refractivity contribution in [3.63, 3.8) is 0 Å². The van der Waals surface area contributed by atoms with E-state index in [-0.39, 0.29) is 11.9 Å². The Morgan fingerprint density at radius 1 is 0.971 bits per heavy atom. The van der Waals surface area contributed by atoms with Gasteiger partial charge in [0.05, 0.1) is 29.9 Å². The van der Waals surface area contributed by atoms with Gasteiger partial charge in [0.15, 0.2) is 0 Å². The zero-order valence-electron chi connectivity index (χ0n) is 19.9. The Kier molecular flexibility index (Phi) is 7.87. The molecule has 34 heavy (non-hydrogen) atoms. The Hall–Kier alpha value is -3.29. The molecule has 0 atom stereocenters. The highest BCUT2D eigenvalue weighted by atomic mass is 16.5. The molecule has 2 aromatic carbocycles. The molecule has 1 aliphatic heterocycles. The second-order valence-electron chi connectivity index (χ2n) is 8.61. The molecule has 0 spiro atoms. The van der Waals surface area contributed by atoms with Gasteiger partial charge in [-0.25, -0.2) is 4.79 Å². The molecule has 178 valence electrons. The Balaban J connectivity index is 1.37. The van der Waals surface area contributed by atoms with Crippen LogP contribution in [0.1, 0.15) is 34.1 Å². The van der Waals surface area contributed by atoms with Gasteiger partial charge in [0.1, 0.15) is 0 Å². The maximum absolute atomic E-state index is 12.8. The number of piperazine rings is 1. The van der Waals surface area contributed by atoms with Gasteiger partial charge in [-0.2, -0.15) is 0 Å². The second-order valence-corrected chi connectivity index (χ2v) is 8.61. The number of hydrogen-bond acceptors (Lipinski definition) is 6. The van der Waals surface area contributed by atoms with Crippen molar-refractivity contribution in [3.8, 4) is 0 Å². The number of esters is 1. The predicted molar refractivity (Wildman–Crippen MR) is 132 cm³/mol. The number of aryl methyl sites for hydroxylation is 1. The maximum Gasteiger partial charge on any atom is 0.340 e. The molecule has 4 rings (SSSR count). The van der Waals surface area contributed by atoms with Gasteiger partial charge in [0.25, 0.3) is 0 Å². The summed E-state index contributed by atoms with van der Waals surface area (Å²) in [6.45, 7) is 8.82. The number of benzene rings is 2. The van der Waals surface area contributed by atoms with E-state index in [0.29, 0.717) is 31.8 Å². The third-order valence-corrected chi connectivity index (χ3v) is 6.24. The van der Waals surface area contributed by atoms with Gasteiger partial charge in [-0.15, -0.1) is 0 Å². The van der Waals surface area contributed by atoms with Crippen LogP contribution in [0.25, 0.3) is 10.9 Å². The van der Waals surface area contributed by atoms with Crippen LogP contribution in [-0.4, -0.2) is 66.0 Å². The summed E-state index contributed by atoms with van der Waals surface area (Å²) in [5.41, 5.74) is 4.22. The summed E-state index contributed by atoms with van der Waals surface area (Å²) in [6.07, 6.45) is 0. The van der Waals surface area contributed by atoms with E-state index in [9.17, 15) is 9.59 Å². The zero-order chi connectivity index (χ0) is 23.9. The molecule has 7 nitrogen and oxygen atoms in total. The normalized spacial score (nSPS) is 14.8. The summed E-state index contributed by atoms with van der Waals surface area (Å²) < 4.78 is 5.35. The van der Waals surface area contributed by atoms with Gasteiger partial charge in [-0.1, -0.05) is 48.5 Å². The fraction of sp³-hybridized carbons (Fsp3) is 0.370. The molecule has 0 radical (unpaired) electrons. The van der Waals surface area contributed by atoms with E-state index < -0.39 is 0 Å². The lowest BCUT2D eigenvalue weighted by Crippen LogP contribution is -2.49. The van der Waals surface area contributed by atoms with Crippen LogP contribution in [0.4, 0.5) is 0 Å². The standard InChI is InChI=1S/C27H32N4O3/c1-3-34-27(33)26-20(2)22-11-7-8-12-23(22)29-24(26)18-30-13-15-31(16-14-30)19-25(32)28-17-21-9-5-4-6-10-21/h4-12H,3,13-19H2,1-2H3,(H,28,32). The minimum Gasteiger partial charge on any atom is -0.462 e. The number of hydrogen-bond donors (Lipinski definition) is 1. The highest BCUT2D eigenvalue weighted by Crippen LogP contribution is 2.25. The molecule has 0 saturated carbocycles. The molecule has 0 unspecified atom stereocenters. The van der Waals surface area contributed by atoms with Crippen molar-refractivity contribution in [1.82, 2.24) is 20.1 Å². The monoisotopic (exact) mass is 460 g/mol. The minimum absolute atomic E-state index is 0.0359. The number of nitrogens with one attached hydrogen (secondary N) is 1. The fourth-order valence-corrected chi connectivity index (χ4v) is 4.40. The Bertz CT molecular complexity index is 1140. The molecule has 7 heteroatoms. The maximum atomic E-state index is 12.8. The van der Waals surface area contributed by atoms with E-state index in [0.717, 1.165) is 53.9 Å². The van der Waals surface area contributed by atoms with Gasteiger partial charge >= 0.3 is 5.97 Å². The van der Waals surface area contributed by atoms with Crippen LogP contribution in [0.2, 0.25) is 0 Å². The van der Waals surface area contributed by atoms with Crippen molar-refractivity contribution >= 4 is 22.8 Å². The van der Waals surface area contributed by atoms with E-state index in [2.05, 4.69) is 15.1 Å². The van der Waals surface area contributed by atoms with Gasteiger partial charge < -0.3 is 10.1 Å². The number of pyridine rings is 1. The summed E-state index contributed by atoms with van der Waals surface area (Å²) in [5.74, 6) is -0.282. The summed E-state index contributed by atoms with van der Waals surface area (Å²) in [5, 5.41) is 3.97. The van der Waals surface area contributed by atoms with Crippen LogP contribution in [-0.2, 0) is 22.6 Å². The van der Waals surface area contributed by atoms with Crippen LogP contribution >= 0.6 is 0 Å². The van der Waals surface area contributed by atoms with Crippen LogP contribution < -0.4 is 5.32 Å². The summed E-state index contributed by atoms with van der Waals surface area (Å²) in [7, 11) is 0. The van der Waals surface area contributed by atoms with Crippen molar-refractivity contribution in [1.29, 1.82) is 0 Å². The van der Waals surface area contributed by atoms with Crippen LogP contribution in [0.3, 0.4) is 0 Å². The molecule has 1 N–H and O–H groups in total. The lowest BCUT2D eigenvalue weighted by Gasteiger charge is -2.34. The number of rotatable bonds is 8. The Labute approximate surface area is 200 Å². The second kappa shape index (κ2) is 11.2. The van der Waals surface area contributed by atoms with Crippen molar-refractivity contribution in [2.75, 3.05) is 39.3 Å². The lowest BCUT2D eigenvalue weighted by molar-refractivity contribution is -0.122. The van der Waals surface area contributed by atoms with Crippen molar-refractivity contribution in [2.45, 2.75) is 26.9 Å². The lowest BCUT2D eigenvalue weighted by atomic mass is 10.0. The number of fused-ring (bicyclic) bond motifs is 1. The Morgan fingerprint density at radius 3 is 2.38 bits per heavy atom. The fourth-order valence-electron chi connectivity index (χ4n) is 4.40. The topological polar surface area (TPSA) is 74.8 Å². The number of para-hydroxylation sites is 1. The summed E-state index contributed by atoms with van der Waals surface area (Å²) >= 11 is 0. The molecule has 2 heterocycles. The molecule has 1 fully saturated rings. The minimum atomic E-state index is -0.318. The smallest absolute Gasteiger partial charge is 0.340 e. The predicted octanol–water partition coefficient (Wildman–Crippen LogP) is 3.15. The highest BCUT2D eigenvalue weighted by Gasteiger charge is 2.24. The van der Waals surface area contributed by atoms with Crippen LogP contribution in [0.15, 0.2) is 54.6 Å². The molecule has 1 aliphatic rings. The first-order valence-corrected chi connectivity index (χ1v) is 11.9. The summed E-state index contributed by atoms with van der Waals surface area (Å²) in [4.78, 5) is 34.4. The third kappa shape index (κ3) is 5.79. The first-order chi connectivity index (χ1) is 16.5. The number of amides is 1. The van der Waals surface area contributed by atoms with E-state index in [1.165, 1.54) is 0 Å². The zero-order valence-corrected chi connectivity index (χ0v) is 19.9. The molecule has 0 bridgehead atoms. The van der Waals surface area contributed by atoms with Gasteiger partial charge in [-0.3, -0.25) is 19.6 Å². The van der Waals surface area contributed by atoms with Gasteiger partial charge in [0.2, 0.25) is 5.91 Å².